The number of hydrogen-bond acceptors (Lipinski definition) is 6. The zero-order valence-corrected chi connectivity index (χ0v) is 15.5. The van der Waals surface area contributed by atoms with Crippen LogP contribution in [-0.4, -0.2) is 57.7 Å². The van der Waals surface area contributed by atoms with Crippen molar-refractivity contribution in [2.75, 3.05) is 18.5 Å². The van der Waals surface area contributed by atoms with Crippen LogP contribution in [0.15, 0.2) is 60.7 Å². The molecule has 3 aromatic rings. The van der Waals surface area contributed by atoms with Gasteiger partial charge in [-0.05, 0) is 22.6 Å². The fourth-order valence-corrected chi connectivity index (χ4v) is 3.86. The van der Waals surface area contributed by atoms with Crippen LogP contribution in [0.25, 0.3) is 11.4 Å². The Morgan fingerprint density at radius 2 is 1.69 bits per heavy atom. The van der Waals surface area contributed by atoms with Crippen LogP contribution in [0.4, 0.5) is 10.5 Å². The molecule has 2 aromatic carbocycles. The SMILES string of the molecule is O=C(Nc1ccccc1)N[C@H]1CO[C@H]2[C@H]1OC[C@H]2n1nnnc1-c1ccccc1. The summed E-state index contributed by atoms with van der Waals surface area (Å²) in [5.74, 6) is 0.668. The van der Waals surface area contributed by atoms with Crippen molar-refractivity contribution >= 4 is 11.7 Å². The van der Waals surface area contributed by atoms with Crippen LogP contribution >= 0.6 is 0 Å². The van der Waals surface area contributed by atoms with Gasteiger partial charge in [-0.25, -0.2) is 9.48 Å². The average molecular weight is 392 g/mol. The molecule has 0 bridgehead atoms. The van der Waals surface area contributed by atoms with E-state index in [1.54, 1.807) is 4.68 Å². The second-order valence-electron chi connectivity index (χ2n) is 7.05. The van der Waals surface area contributed by atoms with Gasteiger partial charge in [0, 0.05) is 11.3 Å². The number of anilines is 1. The number of urea groups is 1. The molecule has 0 saturated carbocycles. The molecule has 2 fully saturated rings. The molecule has 0 aliphatic carbocycles. The number of benzene rings is 2. The molecule has 9 heteroatoms. The van der Waals surface area contributed by atoms with Gasteiger partial charge in [-0.2, -0.15) is 0 Å². The molecule has 2 aliphatic rings. The molecule has 9 nitrogen and oxygen atoms in total. The Morgan fingerprint density at radius 1 is 0.966 bits per heavy atom. The van der Waals surface area contributed by atoms with Crippen molar-refractivity contribution in [3.63, 3.8) is 0 Å². The van der Waals surface area contributed by atoms with Gasteiger partial charge in [0.15, 0.2) is 5.82 Å². The van der Waals surface area contributed by atoms with E-state index < -0.39 is 0 Å². The highest BCUT2D eigenvalue weighted by Crippen LogP contribution is 2.35. The van der Waals surface area contributed by atoms with Gasteiger partial charge >= 0.3 is 6.03 Å². The number of carbonyl (C=O) groups is 1. The molecule has 2 saturated heterocycles. The van der Waals surface area contributed by atoms with Crippen molar-refractivity contribution in [3.8, 4) is 11.4 Å². The molecule has 2 N–H and O–H groups in total. The second-order valence-corrected chi connectivity index (χ2v) is 7.05. The largest absolute Gasteiger partial charge is 0.371 e. The first kappa shape index (κ1) is 17.8. The number of fused-ring (bicyclic) bond motifs is 1. The van der Waals surface area contributed by atoms with E-state index in [0.29, 0.717) is 19.0 Å². The molecule has 4 atom stereocenters. The fraction of sp³-hybridized carbons (Fsp3) is 0.300. The molecule has 2 amide bonds. The van der Waals surface area contributed by atoms with Crippen LogP contribution < -0.4 is 10.6 Å². The van der Waals surface area contributed by atoms with Crippen molar-refractivity contribution in [2.24, 2.45) is 0 Å². The zero-order chi connectivity index (χ0) is 19.6. The number of carbonyl (C=O) groups excluding carboxylic acids is 1. The van der Waals surface area contributed by atoms with Gasteiger partial charge in [-0.15, -0.1) is 5.10 Å². The monoisotopic (exact) mass is 392 g/mol. The third-order valence-electron chi connectivity index (χ3n) is 5.21. The fourth-order valence-electron chi connectivity index (χ4n) is 3.86. The average Bonchev–Trinajstić information content (AvgIpc) is 3.47. The molecule has 5 rings (SSSR count). The number of rotatable bonds is 4. The van der Waals surface area contributed by atoms with E-state index in [-0.39, 0.29) is 30.3 Å². The normalized spacial score (nSPS) is 25.5. The van der Waals surface area contributed by atoms with Gasteiger partial charge in [0.1, 0.15) is 18.2 Å². The number of para-hydroxylation sites is 1. The number of hydrogen-bond donors (Lipinski definition) is 2. The summed E-state index contributed by atoms with van der Waals surface area (Å²) < 4.78 is 13.7. The summed E-state index contributed by atoms with van der Waals surface area (Å²) in [5, 5.41) is 18.0. The zero-order valence-electron chi connectivity index (χ0n) is 15.5. The minimum absolute atomic E-state index is 0.158. The highest BCUT2D eigenvalue weighted by atomic mass is 16.6. The first-order valence-corrected chi connectivity index (χ1v) is 9.48. The Labute approximate surface area is 167 Å². The number of amides is 2. The van der Waals surface area contributed by atoms with E-state index >= 15 is 0 Å². The van der Waals surface area contributed by atoms with Crippen molar-refractivity contribution in [1.82, 2.24) is 25.5 Å². The summed E-state index contributed by atoms with van der Waals surface area (Å²) in [7, 11) is 0. The Bertz CT molecular complexity index is 980. The van der Waals surface area contributed by atoms with Crippen LogP contribution in [-0.2, 0) is 9.47 Å². The summed E-state index contributed by atoms with van der Waals surface area (Å²) in [6.45, 7) is 0.787. The van der Waals surface area contributed by atoms with Crippen LogP contribution in [0.5, 0.6) is 0 Å². The van der Waals surface area contributed by atoms with Gasteiger partial charge in [0.25, 0.3) is 0 Å². The van der Waals surface area contributed by atoms with Gasteiger partial charge in [0.05, 0.1) is 19.3 Å². The lowest BCUT2D eigenvalue weighted by Crippen LogP contribution is -2.45. The Hall–Kier alpha value is -3.30. The molecule has 3 heterocycles. The summed E-state index contributed by atoms with van der Waals surface area (Å²) in [6, 6.07) is 18.4. The molecule has 1 aromatic heterocycles. The predicted octanol–water partition coefficient (Wildman–Crippen LogP) is 1.87. The van der Waals surface area contributed by atoms with E-state index in [1.165, 1.54) is 0 Å². The maximum absolute atomic E-state index is 12.3. The van der Waals surface area contributed by atoms with Gasteiger partial charge in [0.2, 0.25) is 0 Å². The first-order valence-electron chi connectivity index (χ1n) is 9.48. The summed E-state index contributed by atoms with van der Waals surface area (Å²) in [5.41, 5.74) is 1.66. The molecule has 0 spiro atoms. The molecule has 2 aliphatic heterocycles. The van der Waals surface area contributed by atoms with Crippen molar-refractivity contribution in [3.05, 3.63) is 60.7 Å². The van der Waals surface area contributed by atoms with Crippen LogP contribution in [0.2, 0.25) is 0 Å². The standard InChI is InChI=1S/C20H20N6O3/c27-20(21-14-9-5-2-6-10-14)22-15-11-28-18-16(12-29-17(15)18)26-19(23-24-25-26)13-7-3-1-4-8-13/h1-10,15-18H,11-12H2,(H2,21,22,27)/t15-,16+,17-,18+/m0/s1. The topological polar surface area (TPSA) is 103 Å². The summed E-state index contributed by atoms with van der Waals surface area (Å²) in [4.78, 5) is 12.3. The Morgan fingerprint density at radius 3 is 2.48 bits per heavy atom. The van der Waals surface area contributed by atoms with E-state index in [9.17, 15) is 4.79 Å². The lowest BCUT2D eigenvalue weighted by Gasteiger charge is -2.18. The van der Waals surface area contributed by atoms with E-state index in [1.807, 2.05) is 60.7 Å². The van der Waals surface area contributed by atoms with Crippen LogP contribution in [0.3, 0.4) is 0 Å². The third-order valence-corrected chi connectivity index (χ3v) is 5.21. The minimum Gasteiger partial charge on any atom is -0.371 e. The number of ether oxygens (including phenoxy) is 2. The molecule has 29 heavy (non-hydrogen) atoms. The molecule has 0 unspecified atom stereocenters. The Balaban J connectivity index is 1.28. The van der Waals surface area contributed by atoms with Crippen molar-refractivity contribution in [1.29, 1.82) is 0 Å². The molecular formula is C20H20N6O3. The van der Waals surface area contributed by atoms with E-state index in [4.69, 9.17) is 9.47 Å². The summed E-state index contributed by atoms with van der Waals surface area (Å²) >= 11 is 0. The smallest absolute Gasteiger partial charge is 0.319 e. The molecule has 0 radical (unpaired) electrons. The van der Waals surface area contributed by atoms with Crippen LogP contribution in [0, 0.1) is 0 Å². The quantitative estimate of drug-likeness (QED) is 0.703. The predicted molar refractivity (Wildman–Crippen MR) is 104 cm³/mol. The van der Waals surface area contributed by atoms with Crippen LogP contribution in [0.1, 0.15) is 6.04 Å². The van der Waals surface area contributed by atoms with Crippen molar-refractivity contribution < 1.29 is 14.3 Å². The van der Waals surface area contributed by atoms with E-state index in [0.717, 1.165) is 11.3 Å². The lowest BCUT2D eigenvalue weighted by atomic mass is 10.1. The number of aromatic nitrogens is 4. The molecule has 148 valence electrons. The highest BCUT2D eigenvalue weighted by molar-refractivity contribution is 5.89. The Kier molecular flexibility index (Phi) is 4.66. The minimum atomic E-state index is -0.287. The first-order chi connectivity index (χ1) is 14.3. The maximum Gasteiger partial charge on any atom is 0.319 e. The lowest BCUT2D eigenvalue weighted by molar-refractivity contribution is 0.0624. The summed E-state index contributed by atoms with van der Waals surface area (Å²) in [6.07, 6.45) is -0.489. The van der Waals surface area contributed by atoms with Gasteiger partial charge in [-0.3, -0.25) is 0 Å². The number of nitrogens with one attached hydrogen (secondary N) is 2. The second kappa shape index (κ2) is 7.61. The van der Waals surface area contributed by atoms with Gasteiger partial charge in [-0.1, -0.05) is 48.5 Å². The number of nitrogens with zero attached hydrogens (tertiary/aromatic N) is 4. The van der Waals surface area contributed by atoms with Gasteiger partial charge < -0.3 is 20.1 Å². The van der Waals surface area contributed by atoms with Crippen molar-refractivity contribution in [2.45, 2.75) is 24.3 Å². The third kappa shape index (κ3) is 3.45. The molecular weight excluding hydrogens is 372 g/mol. The maximum atomic E-state index is 12.3. The number of tetrazole rings is 1. The highest BCUT2D eigenvalue weighted by Gasteiger charge is 2.50. The van der Waals surface area contributed by atoms with E-state index in [2.05, 4.69) is 26.2 Å².